The number of thioether (sulfide) groups is 1. The molecule has 0 unspecified atom stereocenters. The Bertz CT molecular complexity index is 821. The van der Waals surface area contributed by atoms with E-state index in [0.717, 1.165) is 0 Å². The van der Waals surface area contributed by atoms with E-state index in [4.69, 9.17) is 0 Å². The fourth-order valence-corrected chi connectivity index (χ4v) is 4.72. The molecule has 3 rings (SSSR count). The average molecular weight is 337 g/mol. The van der Waals surface area contributed by atoms with Crippen LogP contribution in [-0.4, -0.2) is 30.6 Å². The van der Waals surface area contributed by atoms with Gasteiger partial charge in [-0.15, -0.1) is 11.8 Å². The summed E-state index contributed by atoms with van der Waals surface area (Å²) in [4.78, 5) is 14.3. The number of rotatable bonds is 3. The molecule has 0 spiro atoms. The van der Waals surface area contributed by atoms with Gasteiger partial charge in [0, 0.05) is 30.6 Å². The van der Waals surface area contributed by atoms with E-state index in [0.29, 0.717) is 23.0 Å². The predicted molar refractivity (Wildman–Crippen MR) is 82.6 cm³/mol. The van der Waals surface area contributed by atoms with Crippen LogP contribution in [0, 0.1) is 10.1 Å². The van der Waals surface area contributed by atoms with Crippen LogP contribution in [0.1, 0.15) is 0 Å². The third-order valence-electron chi connectivity index (χ3n) is 3.19. The molecule has 1 aromatic carbocycles. The molecule has 114 valence electrons. The molecule has 0 aliphatic carbocycles. The number of nitrogens with zero attached hydrogens (tertiary/aromatic N) is 3. The zero-order chi connectivity index (χ0) is 15.7. The van der Waals surface area contributed by atoms with E-state index in [1.54, 1.807) is 18.3 Å². The minimum atomic E-state index is -3.76. The van der Waals surface area contributed by atoms with Gasteiger partial charge in [0.1, 0.15) is 5.03 Å². The number of aromatic nitrogens is 1. The summed E-state index contributed by atoms with van der Waals surface area (Å²) in [6.07, 6.45) is 1.62. The molecular formula is C13H11N3O4S2. The molecule has 0 atom stereocenters. The maximum absolute atomic E-state index is 12.8. The van der Waals surface area contributed by atoms with Crippen molar-refractivity contribution < 1.29 is 13.3 Å². The quantitative estimate of drug-likeness (QED) is 0.630. The first-order valence-electron chi connectivity index (χ1n) is 6.35. The first kappa shape index (κ1) is 14.8. The summed E-state index contributed by atoms with van der Waals surface area (Å²) in [5.74, 6) is 0.607. The fourth-order valence-electron chi connectivity index (χ4n) is 2.15. The summed E-state index contributed by atoms with van der Waals surface area (Å²) in [6, 6.07) is 8.28. The largest absolute Gasteiger partial charge is 0.269 e. The summed E-state index contributed by atoms with van der Waals surface area (Å²) in [7, 11) is -3.76. The monoisotopic (exact) mass is 337 g/mol. The van der Waals surface area contributed by atoms with Crippen molar-refractivity contribution in [2.75, 3.05) is 16.6 Å². The van der Waals surface area contributed by atoms with Gasteiger partial charge < -0.3 is 0 Å². The van der Waals surface area contributed by atoms with Crippen LogP contribution in [0.2, 0.25) is 0 Å². The van der Waals surface area contributed by atoms with Gasteiger partial charge in [0.2, 0.25) is 0 Å². The molecule has 0 saturated carbocycles. The van der Waals surface area contributed by atoms with Gasteiger partial charge in [-0.25, -0.2) is 13.4 Å². The standard InChI is InChI=1S/C13H11N3O4S2/c17-16(18)10-3-5-11(6-4-10)22(19,20)15-8-9-21-13-12(15)2-1-7-14-13/h1-7H,8-9H2. The molecule has 1 aromatic heterocycles. The van der Waals surface area contributed by atoms with Gasteiger partial charge in [0.25, 0.3) is 15.7 Å². The molecular weight excluding hydrogens is 326 g/mol. The van der Waals surface area contributed by atoms with Gasteiger partial charge in [0.05, 0.1) is 15.5 Å². The van der Waals surface area contributed by atoms with Crippen LogP contribution in [0.4, 0.5) is 11.4 Å². The summed E-state index contributed by atoms with van der Waals surface area (Å²) in [6.45, 7) is 0.336. The number of sulfonamides is 1. The van der Waals surface area contributed by atoms with Crippen LogP contribution in [-0.2, 0) is 10.0 Å². The summed E-state index contributed by atoms with van der Waals surface area (Å²) < 4.78 is 26.8. The summed E-state index contributed by atoms with van der Waals surface area (Å²) in [5.41, 5.74) is 0.396. The topological polar surface area (TPSA) is 93.4 Å². The van der Waals surface area contributed by atoms with E-state index >= 15 is 0 Å². The van der Waals surface area contributed by atoms with Crippen molar-refractivity contribution >= 4 is 33.2 Å². The van der Waals surface area contributed by atoms with Crippen LogP contribution in [0.25, 0.3) is 0 Å². The molecule has 9 heteroatoms. The van der Waals surface area contributed by atoms with Crippen molar-refractivity contribution in [3.8, 4) is 0 Å². The number of nitro benzene ring substituents is 1. The van der Waals surface area contributed by atoms with Gasteiger partial charge in [-0.2, -0.15) is 0 Å². The molecule has 22 heavy (non-hydrogen) atoms. The Kier molecular flexibility index (Phi) is 3.75. The molecule has 2 aromatic rings. The van der Waals surface area contributed by atoms with Crippen molar-refractivity contribution in [3.63, 3.8) is 0 Å². The number of fused-ring (bicyclic) bond motifs is 1. The van der Waals surface area contributed by atoms with E-state index in [1.165, 1.54) is 40.3 Å². The summed E-state index contributed by atoms with van der Waals surface area (Å²) in [5, 5.41) is 11.3. The number of anilines is 1. The Hall–Kier alpha value is -2.13. The normalized spacial score (nSPS) is 14.5. The zero-order valence-corrected chi connectivity index (χ0v) is 12.9. The number of pyridine rings is 1. The highest BCUT2D eigenvalue weighted by atomic mass is 32.2. The van der Waals surface area contributed by atoms with Crippen molar-refractivity contribution in [2.24, 2.45) is 0 Å². The highest BCUT2D eigenvalue weighted by Crippen LogP contribution is 2.36. The first-order valence-corrected chi connectivity index (χ1v) is 8.78. The smallest absolute Gasteiger partial charge is 0.263 e. The summed E-state index contributed by atoms with van der Waals surface area (Å²) >= 11 is 1.50. The van der Waals surface area contributed by atoms with Crippen molar-refractivity contribution in [3.05, 3.63) is 52.7 Å². The Morgan fingerprint density at radius 3 is 2.64 bits per heavy atom. The fraction of sp³-hybridized carbons (Fsp3) is 0.154. The van der Waals surface area contributed by atoms with Crippen LogP contribution in [0.5, 0.6) is 0 Å². The molecule has 1 aliphatic heterocycles. The molecule has 0 radical (unpaired) electrons. The number of nitro groups is 1. The van der Waals surface area contributed by atoms with Crippen LogP contribution in [0.15, 0.2) is 52.5 Å². The molecule has 0 amide bonds. The van der Waals surface area contributed by atoms with E-state index in [2.05, 4.69) is 4.98 Å². The van der Waals surface area contributed by atoms with Gasteiger partial charge >= 0.3 is 0 Å². The van der Waals surface area contributed by atoms with Crippen LogP contribution in [0.3, 0.4) is 0 Å². The lowest BCUT2D eigenvalue weighted by Gasteiger charge is -2.29. The zero-order valence-electron chi connectivity index (χ0n) is 11.2. The molecule has 0 fully saturated rings. The molecule has 7 nitrogen and oxygen atoms in total. The Balaban J connectivity index is 2.02. The number of benzene rings is 1. The molecule has 0 saturated heterocycles. The highest BCUT2D eigenvalue weighted by molar-refractivity contribution is 7.99. The lowest BCUT2D eigenvalue weighted by atomic mass is 10.3. The second kappa shape index (κ2) is 5.58. The second-order valence-electron chi connectivity index (χ2n) is 4.50. The molecule has 0 N–H and O–H groups in total. The van der Waals surface area contributed by atoms with E-state index in [-0.39, 0.29) is 10.6 Å². The molecule has 2 heterocycles. The Morgan fingerprint density at radius 2 is 1.95 bits per heavy atom. The molecule has 1 aliphatic rings. The Labute approximate surface area is 131 Å². The lowest BCUT2D eigenvalue weighted by Crippen LogP contribution is -2.35. The predicted octanol–water partition coefficient (Wildman–Crippen LogP) is 2.29. The Morgan fingerprint density at radius 1 is 1.23 bits per heavy atom. The van der Waals surface area contributed by atoms with Crippen molar-refractivity contribution in [1.82, 2.24) is 4.98 Å². The SMILES string of the molecule is O=[N+]([O-])c1ccc(S(=O)(=O)N2CCSc3ncccc32)cc1. The van der Waals surface area contributed by atoms with Crippen molar-refractivity contribution in [1.29, 1.82) is 0 Å². The van der Waals surface area contributed by atoms with E-state index < -0.39 is 14.9 Å². The van der Waals surface area contributed by atoms with Gasteiger partial charge in [-0.1, -0.05) is 0 Å². The lowest BCUT2D eigenvalue weighted by molar-refractivity contribution is -0.384. The third-order valence-corrected chi connectivity index (χ3v) is 5.99. The van der Waals surface area contributed by atoms with Gasteiger partial charge in [-0.05, 0) is 24.3 Å². The molecule has 0 bridgehead atoms. The number of hydrogen-bond acceptors (Lipinski definition) is 6. The number of non-ortho nitro benzene ring substituents is 1. The number of hydrogen-bond donors (Lipinski definition) is 0. The minimum Gasteiger partial charge on any atom is -0.263 e. The van der Waals surface area contributed by atoms with Crippen molar-refractivity contribution in [2.45, 2.75) is 9.92 Å². The van der Waals surface area contributed by atoms with Crippen LogP contribution >= 0.6 is 11.8 Å². The van der Waals surface area contributed by atoms with Crippen LogP contribution < -0.4 is 4.31 Å². The second-order valence-corrected chi connectivity index (χ2v) is 7.45. The minimum absolute atomic E-state index is 0.0276. The van der Waals surface area contributed by atoms with E-state index in [1.807, 2.05) is 0 Å². The van der Waals surface area contributed by atoms with E-state index in [9.17, 15) is 18.5 Å². The average Bonchev–Trinajstić information content (AvgIpc) is 2.54. The van der Waals surface area contributed by atoms with Gasteiger partial charge in [0.15, 0.2) is 0 Å². The first-order chi connectivity index (χ1) is 10.5. The maximum atomic E-state index is 12.8. The highest BCUT2D eigenvalue weighted by Gasteiger charge is 2.30. The third kappa shape index (κ3) is 2.53. The maximum Gasteiger partial charge on any atom is 0.269 e. The van der Waals surface area contributed by atoms with Gasteiger partial charge in [-0.3, -0.25) is 14.4 Å².